The molecule has 1 aliphatic heterocycles. The first-order valence-corrected chi connectivity index (χ1v) is 6.73. The van der Waals surface area contributed by atoms with E-state index in [2.05, 4.69) is 15.1 Å². The molecule has 0 spiro atoms. The summed E-state index contributed by atoms with van der Waals surface area (Å²) in [4.78, 5) is 8.85. The number of pyridine rings is 1. The Morgan fingerprint density at radius 1 is 1.25 bits per heavy atom. The summed E-state index contributed by atoms with van der Waals surface area (Å²) in [5, 5.41) is 4.67. The Labute approximate surface area is 119 Å². The first kappa shape index (κ1) is 11.9. The van der Waals surface area contributed by atoms with Crippen LogP contribution in [0.25, 0.3) is 17.2 Å². The monoisotopic (exact) mass is 290 g/mol. The fourth-order valence-electron chi connectivity index (χ4n) is 2.31. The maximum Gasteiger partial charge on any atom is 0.278 e. The summed E-state index contributed by atoms with van der Waals surface area (Å²) in [6.45, 7) is 1.40. The lowest BCUT2D eigenvalue weighted by Gasteiger charge is -1.97. The van der Waals surface area contributed by atoms with Crippen LogP contribution in [-0.4, -0.2) is 32.7 Å². The summed E-state index contributed by atoms with van der Waals surface area (Å²) < 4.78 is 12.5. The van der Waals surface area contributed by atoms with Crippen molar-refractivity contribution in [2.24, 2.45) is 0 Å². The van der Waals surface area contributed by atoms with Crippen LogP contribution in [0.1, 0.15) is 18.2 Å². The summed E-state index contributed by atoms with van der Waals surface area (Å²) in [6, 6.07) is 3.64. The third kappa shape index (κ3) is 1.97. The predicted molar refractivity (Wildman–Crippen MR) is 71.7 cm³/mol. The summed E-state index contributed by atoms with van der Waals surface area (Å²) >= 11 is 5.95. The normalized spacial score (nSPS) is 18.9. The minimum absolute atomic E-state index is 0.221. The van der Waals surface area contributed by atoms with Crippen LogP contribution in [0.15, 0.2) is 29.0 Å². The maximum atomic E-state index is 5.95. The van der Waals surface area contributed by atoms with Crippen molar-refractivity contribution in [3.8, 4) is 11.6 Å². The molecule has 0 N–H and O–H groups in total. The highest BCUT2D eigenvalue weighted by molar-refractivity contribution is 6.30. The highest BCUT2D eigenvalue weighted by atomic mass is 35.5. The molecule has 1 fully saturated rings. The second kappa shape index (κ2) is 4.57. The van der Waals surface area contributed by atoms with Crippen molar-refractivity contribution >= 4 is 17.2 Å². The summed E-state index contributed by atoms with van der Waals surface area (Å²) in [6.07, 6.45) is 4.54. The molecule has 6 nitrogen and oxygen atoms in total. The zero-order valence-electron chi connectivity index (χ0n) is 10.5. The van der Waals surface area contributed by atoms with Gasteiger partial charge in [0.2, 0.25) is 0 Å². The quantitative estimate of drug-likeness (QED) is 0.725. The summed E-state index contributed by atoms with van der Waals surface area (Å²) in [7, 11) is 0. The molecule has 3 aromatic heterocycles. The molecule has 20 heavy (non-hydrogen) atoms. The number of imidazole rings is 1. The van der Waals surface area contributed by atoms with Gasteiger partial charge in [-0.2, -0.15) is 4.98 Å². The van der Waals surface area contributed by atoms with E-state index in [1.807, 2.05) is 16.7 Å². The van der Waals surface area contributed by atoms with E-state index in [-0.39, 0.29) is 5.92 Å². The van der Waals surface area contributed by atoms with Crippen LogP contribution in [-0.2, 0) is 4.74 Å². The highest BCUT2D eigenvalue weighted by Crippen LogP contribution is 2.25. The van der Waals surface area contributed by atoms with E-state index in [0.29, 0.717) is 29.0 Å². The van der Waals surface area contributed by atoms with Gasteiger partial charge in [-0.1, -0.05) is 16.8 Å². The molecule has 4 rings (SSSR count). The van der Waals surface area contributed by atoms with Crippen molar-refractivity contribution in [3.63, 3.8) is 0 Å². The molecule has 0 bridgehead atoms. The SMILES string of the molecule is Clc1ccc2nc(-c3nc([C@H]4CCOC4)no3)cn2c1. The summed E-state index contributed by atoms with van der Waals surface area (Å²) in [5.41, 5.74) is 1.43. The Bertz CT molecular complexity index is 761. The van der Waals surface area contributed by atoms with Gasteiger partial charge in [-0.15, -0.1) is 0 Å². The van der Waals surface area contributed by atoms with Gasteiger partial charge in [0.1, 0.15) is 11.3 Å². The number of fused-ring (bicyclic) bond motifs is 1. The molecule has 3 aromatic rings. The summed E-state index contributed by atoms with van der Waals surface area (Å²) in [5.74, 6) is 1.33. The third-order valence-electron chi connectivity index (χ3n) is 3.37. The third-order valence-corrected chi connectivity index (χ3v) is 3.59. The van der Waals surface area contributed by atoms with Crippen molar-refractivity contribution in [2.75, 3.05) is 13.2 Å². The van der Waals surface area contributed by atoms with Gasteiger partial charge >= 0.3 is 0 Å². The standard InChI is InChI=1S/C13H11ClN4O2/c14-9-1-2-11-15-10(6-18(11)5-9)13-16-12(17-20-13)8-3-4-19-7-8/h1-2,5-6,8H,3-4,7H2/t8-/m0/s1. The van der Waals surface area contributed by atoms with Gasteiger partial charge in [0.05, 0.1) is 11.6 Å². The van der Waals surface area contributed by atoms with Gasteiger partial charge in [0.25, 0.3) is 5.89 Å². The second-order valence-corrected chi connectivity index (χ2v) is 5.19. The molecular weight excluding hydrogens is 280 g/mol. The van der Waals surface area contributed by atoms with Crippen molar-refractivity contribution in [1.82, 2.24) is 19.5 Å². The van der Waals surface area contributed by atoms with Crippen LogP contribution in [0.4, 0.5) is 0 Å². The Balaban J connectivity index is 1.71. The molecule has 0 unspecified atom stereocenters. The average Bonchev–Trinajstić information content (AvgIpc) is 3.17. The molecule has 1 aliphatic rings. The zero-order chi connectivity index (χ0) is 13.5. The maximum absolute atomic E-state index is 5.95. The lowest BCUT2D eigenvalue weighted by molar-refractivity contribution is 0.192. The molecule has 102 valence electrons. The van der Waals surface area contributed by atoms with Gasteiger partial charge in [-0.25, -0.2) is 4.98 Å². The Kier molecular flexibility index (Phi) is 2.71. The van der Waals surface area contributed by atoms with Crippen LogP contribution >= 0.6 is 11.6 Å². The van der Waals surface area contributed by atoms with Crippen LogP contribution in [0.2, 0.25) is 5.02 Å². The van der Waals surface area contributed by atoms with Crippen LogP contribution in [0.3, 0.4) is 0 Å². The number of aromatic nitrogens is 4. The Morgan fingerprint density at radius 2 is 2.20 bits per heavy atom. The van der Waals surface area contributed by atoms with Crippen molar-refractivity contribution < 1.29 is 9.26 Å². The van der Waals surface area contributed by atoms with Gasteiger partial charge in [-0.05, 0) is 18.6 Å². The Hall–Kier alpha value is -1.92. The molecule has 4 heterocycles. The van der Waals surface area contributed by atoms with Gasteiger partial charge < -0.3 is 13.7 Å². The number of nitrogens with zero attached hydrogens (tertiary/aromatic N) is 4. The fourth-order valence-corrected chi connectivity index (χ4v) is 2.48. The molecule has 0 saturated carbocycles. The number of rotatable bonds is 2. The minimum Gasteiger partial charge on any atom is -0.381 e. The molecule has 0 amide bonds. The van der Waals surface area contributed by atoms with E-state index >= 15 is 0 Å². The zero-order valence-corrected chi connectivity index (χ0v) is 11.2. The van der Waals surface area contributed by atoms with Crippen LogP contribution in [0.5, 0.6) is 0 Å². The lowest BCUT2D eigenvalue weighted by Crippen LogP contribution is -1.99. The van der Waals surface area contributed by atoms with Crippen LogP contribution < -0.4 is 0 Å². The van der Waals surface area contributed by atoms with E-state index in [1.165, 1.54) is 0 Å². The van der Waals surface area contributed by atoms with E-state index in [0.717, 1.165) is 18.7 Å². The number of ether oxygens (including phenoxy) is 1. The van der Waals surface area contributed by atoms with Gasteiger partial charge in [-0.3, -0.25) is 0 Å². The molecule has 0 aromatic carbocycles. The average molecular weight is 291 g/mol. The van der Waals surface area contributed by atoms with E-state index < -0.39 is 0 Å². The van der Waals surface area contributed by atoms with E-state index in [1.54, 1.807) is 12.3 Å². The fraction of sp³-hybridized carbons (Fsp3) is 0.308. The second-order valence-electron chi connectivity index (χ2n) is 4.76. The largest absolute Gasteiger partial charge is 0.381 e. The van der Waals surface area contributed by atoms with Crippen LogP contribution in [0, 0.1) is 0 Å². The molecule has 0 radical (unpaired) electrons. The molecular formula is C13H11ClN4O2. The van der Waals surface area contributed by atoms with Crippen molar-refractivity contribution in [1.29, 1.82) is 0 Å². The number of hydrogen-bond acceptors (Lipinski definition) is 5. The topological polar surface area (TPSA) is 65.5 Å². The first-order valence-electron chi connectivity index (χ1n) is 6.35. The molecule has 1 atom stereocenters. The molecule has 7 heteroatoms. The Morgan fingerprint density at radius 3 is 3.05 bits per heavy atom. The predicted octanol–water partition coefficient (Wildman–Crippen LogP) is 2.54. The van der Waals surface area contributed by atoms with Gasteiger partial charge in [0.15, 0.2) is 5.82 Å². The number of hydrogen-bond donors (Lipinski definition) is 0. The van der Waals surface area contributed by atoms with Crippen molar-refractivity contribution in [2.45, 2.75) is 12.3 Å². The van der Waals surface area contributed by atoms with Crippen molar-refractivity contribution in [3.05, 3.63) is 35.4 Å². The van der Waals surface area contributed by atoms with E-state index in [4.69, 9.17) is 20.9 Å². The smallest absolute Gasteiger partial charge is 0.278 e. The first-order chi connectivity index (χ1) is 9.79. The lowest BCUT2D eigenvalue weighted by atomic mass is 10.1. The highest BCUT2D eigenvalue weighted by Gasteiger charge is 2.24. The molecule has 1 saturated heterocycles. The minimum atomic E-state index is 0.221. The molecule has 0 aliphatic carbocycles. The van der Waals surface area contributed by atoms with Gasteiger partial charge in [0, 0.05) is 24.9 Å². The van der Waals surface area contributed by atoms with E-state index in [9.17, 15) is 0 Å². The number of halogens is 1.